The molecule has 0 aliphatic rings. The number of rotatable bonds is 3. The minimum absolute atomic E-state index is 0.0448. The van der Waals surface area contributed by atoms with Crippen LogP contribution in [0.1, 0.15) is 32.4 Å². The molecule has 1 unspecified atom stereocenters. The molecule has 0 radical (unpaired) electrons. The molecule has 0 heterocycles. The van der Waals surface area contributed by atoms with Crippen molar-refractivity contribution in [3.05, 3.63) is 34.6 Å². The van der Waals surface area contributed by atoms with Gasteiger partial charge in [0.25, 0.3) is 0 Å². The molecule has 0 saturated heterocycles. The molecule has 0 spiro atoms. The zero-order valence-corrected chi connectivity index (χ0v) is 11.8. The van der Waals surface area contributed by atoms with Crippen LogP contribution in [0.15, 0.2) is 18.2 Å². The van der Waals surface area contributed by atoms with Crippen LogP contribution < -0.4 is 5.32 Å². The molecule has 4 nitrogen and oxygen atoms in total. The monoisotopic (exact) mass is 289 g/mol. The van der Waals surface area contributed by atoms with E-state index in [1.165, 1.54) is 12.1 Å². The molecule has 2 N–H and O–H groups in total. The van der Waals surface area contributed by atoms with Crippen LogP contribution in [0.4, 0.5) is 9.18 Å². The van der Waals surface area contributed by atoms with Crippen molar-refractivity contribution in [2.75, 3.05) is 6.54 Å². The van der Waals surface area contributed by atoms with E-state index in [4.69, 9.17) is 16.3 Å². The lowest BCUT2D eigenvalue weighted by atomic mass is 10.1. The molecule has 0 fully saturated rings. The normalized spacial score (nSPS) is 12.9. The largest absolute Gasteiger partial charge is 0.444 e. The molecule has 0 bridgehead atoms. The molecule has 0 aromatic heterocycles. The van der Waals surface area contributed by atoms with Gasteiger partial charge in [0.2, 0.25) is 0 Å². The number of aliphatic hydroxyl groups excluding tert-OH is 1. The van der Waals surface area contributed by atoms with Crippen LogP contribution in [0.5, 0.6) is 0 Å². The molecule has 19 heavy (non-hydrogen) atoms. The Hall–Kier alpha value is -1.33. The number of amides is 1. The standard InChI is InChI=1S/C13H17ClFNO3/c1-13(2,3)19-12(18)16-7-11(17)8-4-5-10(15)9(14)6-8/h4-6,11,17H,7H2,1-3H3,(H,16,18). The van der Waals surface area contributed by atoms with Crippen molar-refractivity contribution in [1.29, 1.82) is 0 Å². The molecule has 1 rings (SSSR count). The van der Waals surface area contributed by atoms with E-state index in [0.717, 1.165) is 6.07 Å². The number of nitrogens with one attached hydrogen (secondary N) is 1. The number of benzene rings is 1. The molecule has 6 heteroatoms. The number of aliphatic hydroxyl groups is 1. The summed E-state index contributed by atoms with van der Waals surface area (Å²) in [5.74, 6) is -0.558. The summed E-state index contributed by atoms with van der Waals surface area (Å²) in [7, 11) is 0. The SMILES string of the molecule is CC(C)(C)OC(=O)NCC(O)c1ccc(F)c(Cl)c1. The highest BCUT2D eigenvalue weighted by Crippen LogP contribution is 2.20. The molecular formula is C13H17ClFNO3. The lowest BCUT2D eigenvalue weighted by Gasteiger charge is -2.20. The molecule has 0 aliphatic heterocycles. The molecule has 1 atom stereocenters. The van der Waals surface area contributed by atoms with Crippen LogP contribution in [0, 0.1) is 5.82 Å². The summed E-state index contributed by atoms with van der Waals surface area (Å²) in [4.78, 5) is 11.4. The average Bonchev–Trinajstić information content (AvgIpc) is 2.27. The van der Waals surface area contributed by atoms with Gasteiger partial charge in [0.1, 0.15) is 11.4 Å². The second-order valence-corrected chi connectivity index (χ2v) is 5.48. The Labute approximate surface area is 116 Å². The van der Waals surface area contributed by atoms with E-state index >= 15 is 0 Å². The van der Waals surface area contributed by atoms with Crippen LogP contribution in [0.25, 0.3) is 0 Å². The molecule has 0 aliphatic carbocycles. The Bertz CT molecular complexity index is 460. The third-order valence-corrected chi connectivity index (χ3v) is 2.46. The van der Waals surface area contributed by atoms with E-state index < -0.39 is 23.6 Å². The number of ether oxygens (including phenoxy) is 1. The lowest BCUT2D eigenvalue weighted by molar-refractivity contribution is 0.0492. The van der Waals surface area contributed by atoms with Crippen molar-refractivity contribution in [3.63, 3.8) is 0 Å². The van der Waals surface area contributed by atoms with Gasteiger partial charge in [-0.25, -0.2) is 9.18 Å². The Kier molecular flexibility index (Phi) is 5.14. The van der Waals surface area contributed by atoms with E-state index in [9.17, 15) is 14.3 Å². The fourth-order valence-corrected chi connectivity index (χ4v) is 1.52. The predicted molar refractivity (Wildman–Crippen MR) is 70.6 cm³/mol. The first-order chi connectivity index (χ1) is 8.69. The maximum absolute atomic E-state index is 13.0. The van der Waals surface area contributed by atoms with Crippen LogP contribution in [0.2, 0.25) is 5.02 Å². The van der Waals surface area contributed by atoms with Crippen LogP contribution in [-0.4, -0.2) is 23.3 Å². The fraction of sp³-hybridized carbons (Fsp3) is 0.462. The summed E-state index contributed by atoms with van der Waals surface area (Å²) >= 11 is 5.61. The number of carbonyl (C=O) groups excluding carboxylic acids is 1. The van der Waals surface area contributed by atoms with Gasteiger partial charge in [0.15, 0.2) is 0 Å². The summed E-state index contributed by atoms with van der Waals surface area (Å²) in [6.45, 7) is 5.17. The maximum Gasteiger partial charge on any atom is 0.407 e. The van der Waals surface area contributed by atoms with Gasteiger partial charge in [-0.15, -0.1) is 0 Å². The van der Waals surface area contributed by atoms with Crippen LogP contribution in [0.3, 0.4) is 0 Å². The topological polar surface area (TPSA) is 58.6 Å². The van der Waals surface area contributed by atoms with Crippen molar-refractivity contribution in [2.45, 2.75) is 32.5 Å². The Morgan fingerprint density at radius 3 is 2.68 bits per heavy atom. The van der Waals surface area contributed by atoms with E-state index in [1.807, 2.05) is 0 Å². The fourth-order valence-electron chi connectivity index (χ4n) is 1.33. The molecule has 1 aromatic rings. The van der Waals surface area contributed by atoms with E-state index in [1.54, 1.807) is 20.8 Å². The van der Waals surface area contributed by atoms with Crippen molar-refractivity contribution in [3.8, 4) is 0 Å². The van der Waals surface area contributed by atoms with Gasteiger partial charge >= 0.3 is 6.09 Å². The summed E-state index contributed by atoms with van der Waals surface area (Å²) in [6, 6.07) is 3.88. The van der Waals surface area contributed by atoms with E-state index in [2.05, 4.69) is 5.32 Å². The first-order valence-corrected chi connectivity index (χ1v) is 6.17. The highest BCUT2D eigenvalue weighted by molar-refractivity contribution is 6.30. The van der Waals surface area contributed by atoms with Crippen molar-refractivity contribution in [2.24, 2.45) is 0 Å². The third kappa shape index (κ3) is 5.44. The summed E-state index contributed by atoms with van der Waals surface area (Å²) in [6.07, 6.45) is -1.61. The van der Waals surface area contributed by atoms with Crippen molar-refractivity contribution < 1.29 is 19.0 Å². The van der Waals surface area contributed by atoms with Crippen molar-refractivity contribution >= 4 is 17.7 Å². The van der Waals surface area contributed by atoms with Crippen LogP contribution >= 0.6 is 11.6 Å². The molecular weight excluding hydrogens is 273 g/mol. The van der Waals surface area contributed by atoms with Gasteiger partial charge < -0.3 is 15.2 Å². The smallest absolute Gasteiger partial charge is 0.407 e. The number of alkyl carbamates (subject to hydrolysis) is 1. The number of halogens is 2. The second-order valence-electron chi connectivity index (χ2n) is 5.07. The number of carbonyl (C=O) groups is 1. The molecule has 106 valence electrons. The van der Waals surface area contributed by atoms with Gasteiger partial charge in [-0.1, -0.05) is 17.7 Å². The van der Waals surface area contributed by atoms with E-state index in [-0.39, 0.29) is 11.6 Å². The summed E-state index contributed by atoms with van der Waals surface area (Å²) in [5.41, 5.74) is -0.184. The average molecular weight is 290 g/mol. The predicted octanol–water partition coefficient (Wildman–Crippen LogP) is 3.04. The van der Waals surface area contributed by atoms with Gasteiger partial charge in [0, 0.05) is 0 Å². The third-order valence-electron chi connectivity index (χ3n) is 2.17. The van der Waals surface area contributed by atoms with Gasteiger partial charge in [-0.3, -0.25) is 0 Å². The molecule has 1 amide bonds. The zero-order valence-electron chi connectivity index (χ0n) is 11.0. The molecule has 1 aromatic carbocycles. The number of hydrogen-bond acceptors (Lipinski definition) is 3. The van der Waals surface area contributed by atoms with E-state index in [0.29, 0.717) is 5.56 Å². The highest BCUT2D eigenvalue weighted by Gasteiger charge is 2.17. The lowest BCUT2D eigenvalue weighted by Crippen LogP contribution is -2.34. The first kappa shape index (κ1) is 15.7. The highest BCUT2D eigenvalue weighted by atomic mass is 35.5. The minimum atomic E-state index is -0.981. The van der Waals surface area contributed by atoms with Gasteiger partial charge in [-0.2, -0.15) is 0 Å². The minimum Gasteiger partial charge on any atom is -0.444 e. The first-order valence-electron chi connectivity index (χ1n) is 5.79. The summed E-state index contributed by atoms with van der Waals surface area (Å²) in [5, 5.41) is 12.2. The second kappa shape index (κ2) is 6.21. The summed E-state index contributed by atoms with van der Waals surface area (Å²) < 4.78 is 18.0. The van der Waals surface area contributed by atoms with Gasteiger partial charge in [0.05, 0.1) is 17.7 Å². The van der Waals surface area contributed by atoms with Crippen molar-refractivity contribution in [1.82, 2.24) is 5.32 Å². The molecule has 0 saturated carbocycles. The number of hydrogen-bond donors (Lipinski definition) is 2. The Morgan fingerprint density at radius 2 is 2.16 bits per heavy atom. The zero-order chi connectivity index (χ0) is 14.6. The van der Waals surface area contributed by atoms with Gasteiger partial charge in [-0.05, 0) is 38.5 Å². The van der Waals surface area contributed by atoms with Crippen LogP contribution in [-0.2, 0) is 4.74 Å². The Morgan fingerprint density at radius 1 is 1.53 bits per heavy atom. The quantitative estimate of drug-likeness (QED) is 0.899. The Balaban J connectivity index is 2.53. The maximum atomic E-state index is 13.0.